The first-order valence-electron chi connectivity index (χ1n) is 10.2. The van der Waals surface area contributed by atoms with Crippen molar-refractivity contribution in [3.8, 4) is 0 Å². The number of hydrogen-bond acceptors (Lipinski definition) is 3. The smallest absolute Gasteiger partial charge is 0.164 e. The predicted molar refractivity (Wildman–Crippen MR) is 117 cm³/mol. The van der Waals surface area contributed by atoms with E-state index >= 15 is 0 Å². The van der Waals surface area contributed by atoms with Crippen molar-refractivity contribution in [3.63, 3.8) is 0 Å². The lowest BCUT2D eigenvalue weighted by atomic mass is 10.0. The molecule has 1 heterocycles. The largest absolute Gasteiger partial charge is 0.368 e. The Balaban J connectivity index is 1.35. The molecule has 3 nitrogen and oxygen atoms in total. The Bertz CT molecular complexity index is 982. The monoisotopic (exact) mass is 372 g/mol. The Kier molecular flexibility index (Phi) is 5.45. The van der Waals surface area contributed by atoms with Gasteiger partial charge in [-0.25, -0.2) is 0 Å². The summed E-state index contributed by atoms with van der Waals surface area (Å²) < 4.78 is 0. The normalized spacial score (nSPS) is 15.1. The number of carbonyl (C=O) groups is 1. The minimum absolute atomic E-state index is 0.258. The van der Waals surface area contributed by atoms with E-state index in [0.29, 0.717) is 6.42 Å². The molecule has 0 bridgehead atoms. The lowest BCUT2D eigenvalue weighted by Crippen LogP contribution is -2.47. The van der Waals surface area contributed by atoms with Gasteiger partial charge in [0.25, 0.3) is 0 Å². The van der Waals surface area contributed by atoms with Crippen LogP contribution in [0.25, 0.3) is 10.8 Å². The van der Waals surface area contributed by atoms with E-state index in [2.05, 4.69) is 65.3 Å². The number of Topliss-reactive ketones (excluding diaryl/α,β-unsaturated/α-hetero) is 1. The Labute approximate surface area is 167 Å². The van der Waals surface area contributed by atoms with Crippen LogP contribution in [0.5, 0.6) is 0 Å². The van der Waals surface area contributed by atoms with Crippen molar-refractivity contribution in [2.75, 3.05) is 37.6 Å². The van der Waals surface area contributed by atoms with E-state index in [-0.39, 0.29) is 5.78 Å². The highest BCUT2D eigenvalue weighted by atomic mass is 16.1. The van der Waals surface area contributed by atoms with Gasteiger partial charge in [-0.2, -0.15) is 0 Å². The van der Waals surface area contributed by atoms with E-state index in [1.165, 1.54) is 22.0 Å². The average Bonchev–Trinajstić information content (AvgIpc) is 2.72. The Morgan fingerprint density at radius 2 is 1.64 bits per heavy atom. The number of carbonyl (C=O) groups excluding carboxylic acids is 1. The lowest BCUT2D eigenvalue weighted by molar-refractivity contribution is 0.0962. The summed E-state index contributed by atoms with van der Waals surface area (Å²) in [6.07, 6.45) is 0.595. The molecule has 0 spiro atoms. The maximum absolute atomic E-state index is 12.6. The van der Waals surface area contributed by atoms with Crippen LogP contribution in [0.1, 0.15) is 27.9 Å². The highest BCUT2D eigenvalue weighted by Gasteiger charge is 2.19. The molecule has 0 atom stereocenters. The highest BCUT2D eigenvalue weighted by Crippen LogP contribution is 2.27. The van der Waals surface area contributed by atoms with Gasteiger partial charge in [-0.05, 0) is 30.9 Å². The van der Waals surface area contributed by atoms with Gasteiger partial charge in [-0.15, -0.1) is 0 Å². The predicted octanol–water partition coefficient (Wildman–Crippen LogP) is 4.85. The van der Waals surface area contributed by atoms with Crippen molar-refractivity contribution in [2.45, 2.75) is 20.3 Å². The fraction of sp³-hybridized carbons (Fsp3) is 0.320. The van der Waals surface area contributed by atoms with Crippen LogP contribution in [-0.4, -0.2) is 43.4 Å². The second-order valence-electron chi connectivity index (χ2n) is 7.82. The third-order valence-corrected chi connectivity index (χ3v) is 5.82. The van der Waals surface area contributed by atoms with Crippen LogP contribution in [0.3, 0.4) is 0 Å². The van der Waals surface area contributed by atoms with Gasteiger partial charge in [0, 0.05) is 55.8 Å². The standard InChI is InChI=1S/C25H28N2O/c1-19-10-11-22(20(2)18-19)25(28)12-13-26-14-16-27(17-15-26)24-9-5-7-21-6-3-4-8-23(21)24/h3-11,18H,12-17H2,1-2H3. The van der Waals surface area contributed by atoms with Crippen LogP contribution in [-0.2, 0) is 0 Å². The maximum Gasteiger partial charge on any atom is 0.164 e. The average molecular weight is 373 g/mol. The molecule has 3 aromatic rings. The third-order valence-electron chi connectivity index (χ3n) is 5.82. The molecular formula is C25H28N2O. The van der Waals surface area contributed by atoms with Crippen molar-refractivity contribution in [3.05, 3.63) is 77.4 Å². The molecule has 0 unspecified atom stereocenters. The van der Waals surface area contributed by atoms with Gasteiger partial charge in [0.05, 0.1) is 0 Å². The van der Waals surface area contributed by atoms with Crippen LogP contribution in [0.15, 0.2) is 60.7 Å². The molecule has 0 radical (unpaired) electrons. The number of anilines is 1. The molecule has 1 aliphatic rings. The number of piperazine rings is 1. The number of fused-ring (bicyclic) bond motifs is 1. The van der Waals surface area contributed by atoms with Crippen molar-refractivity contribution in [1.29, 1.82) is 0 Å². The van der Waals surface area contributed by atoms with E-state index in [1.807, 2.05) is 19.1 Å². The molecule has 144 valence electrons. The van der Waals surface area contributed by atoms with Crippen LogP contribution in [0.4, 0.5) is 5.69 Å². The molecule has 0 saturated carbocycles. The van der Waals surface area contributed by atoms with Gasteiger partial charge in [0.1, 0.15) is 0 Å². The molecule has 0 amide bonds. The summed E-state index contributed by atoms with van der Waals surface area (Å²) in [7, 11) is 0. The van der Waals surface area contributed by atoms with Crippen LogP contribution >= 0.6 is 0 Å². The first-order chi connectivity index (χ1) is 13.6. The van der Waals surface area contributed by atoms with Gasteiger partial charge in [-0.3, -0.25) is 9.69 Å². The summed E-state index contributed by atoms with van der Waals surface area (Å²) in [5.74, 6) is 0.258. The molecule has 1 aliphatic heterocycles. The number of nitrogens with zero attached hydrogens (tertiary/aromatic N) is 2. The number of hydrogen-bond donors (Lipinski definition) is 0. The number of benzene rings is 3. The second-order valence-corrected chi connectivity index (χ2v) is 7.82. The summed E-state index contributed by atoms with van der Waals surface area (Å²) in [6, 6.07) is 21.2. The fourth-order valence-electron chi connectivity index (χ4n) is 4.22. The van der Waals surface area contributed by atoms with Crippen molar-refractivity contribution < 1.29 is 4.79 Å². The zero-order valence-corrected chi connectivity index (χ0v) is 16.8. The Morgan fingerprint density at radius 1 is 0.893 bits per heavy atom. The van der Waals surface area contributed by atoms with E-state index in [0.717, 1.165) is 43.9 Å². The zero-order valence-electron chi connectivity index (χ0n) is 16.8. The summed E-state index contributed by atoms with van der Waals surface area (Å²) in [5, 5.41) is 2.62. The molecular weight excluding hydrogens is 344 g/mol. The number of rotatable bonds is 5. The molecule has 0 aromatic heterocycles. The molecule has 0 N–H and O–H groups in total. The Morgan fingerprint density at radius 3 is 2.43 bits per heavy atom. The van der Waals surface area contributed by atoms with Crippen molar-refractivity contribution in [2.24, 2.45) is 0 Å². The first kappa shape index (κ1) is 18.7. The molecule has 3 heteroatoms. The second kappa shape index (κ2) is 8.15. The SMILES string of the molecule is Cc1ccc(C(=O)CCN2CCN(c3cccc4ccccc34)CC2)c(C)c1. The minimum atomic E-state index is 0.258. The molecule has 0 aliphatic carbocycles. The highest BCUT2D eigenvalue weighted by molar-refractivity contribution is 5.97. The summed E-state index contributed by atoms with van der Waals surface area (Å²) in [4.78, 5) is 17.5. The lowest BCUT2D eigenvalue weighted by Gasteiger charge is -2.36. The molecule has 28 heavy (non-hydrogen) atoms. The Hall–Kier alpha value is -2.65. The van der Waals surface area contributed by atoms with Crippen molar-refractivity contribution in [1.82, 2.24) is 4.90 Å². The van der Waals surface area contributed by atoms with E-state index in [4.69, 9.17) is 0 Å². The summed E-state index contributed by atoms with van der Waals surface area (Å²) >= 11 is 0. The molecule has 1 fully saturated rings. The van der Waals surface area contributed by atoms with E-state index < -0.39 is 0 Å². The van der Waals surface area contributed by atoms with E-state index in [9.17, 15) is 4.79 Å². The summed E-state index contributed by atoms with van der Waals surface area (Å²) in [6.45, 7) is 8.96. The molecule has 4 rings (SSSR count). The van der Waals surface area contributed by atoms with E-state index in [1.54, 1.807) is 0 Å². The minimum Gasteiger partial charge on any atom is -0.368 e. The topological polar surface area (TPSA) is 23.6 Å². The maximum atomic E-state index is 12.6. The molecule has 3 aromatic carbocycles. The first-order valence-corrected chi connectivity index (χ1v) is 10.2. The van der Waals surface area contributed by atoms with Crippen LogP contribution in [0, 0.1) is 13.8 Å². The quantitative estimate of drug-likeness (QED) is 0.598. The van der Waals surface area contributed by atoms with Gasteiger partial charge in [-0.1, -0.05) is 60.2 Å². The van der Waals surface area contributed by atoms with Gasteiger partial charge in [0.15, 0.2) is 5.78 Å². The third kappa shape index (κ3) is 3.95. The van der Waals surface area contributed by atoms with Crippen LogP contribution in [0.2, 0.25) is 0 Å². The number of ketones is 1. The van der Waals surface area contributed by atoms with Gasteiger partial charge in [0.2, 0.25) is 0 Å². The van der Waals surface area contributed by atoms with Gasteiger partial charge >= 0.3 is 0 Å². The summed E-state index contributed by atoms with van der Waals surface area (Å²) in [5.41, 5.74) is 4.49. The zero-order chi connectivity index (χ0) is 19.5. The van der Waals surface area contributed by atoms with Crippen LogP contribution < -0.4 is 4.90 Å². The van der Waals surface area contributed by atoms with Gasteiger partial charge < -0.3 is 4.90 Å². The fourth-order valence-corrected chi connectivity index (χ4v) is 4.22. The molecule has 1 saturated heterocycles. The van der Waals surface area contributed by atoms with Crippen molar-refractivity contribution >= 4 is 22.2 Å². The number of aryl methyl sites for hydroxylation is 2.